The normalized spacial score (nSPS) is 10.5. The smallest absolute Gasteiger partial charge is 0.130 e. The van der Waals surface area contributed by atoms with E-state index in [1.54, 1.807) is 6.07 Å². The number of hydrogen-bond donors (Lipinski definition) is 1. The van der Waals surface area contributed by atoms with Gasteiger partial charge in [0.25, 0.3) is 0 Å². The van der Waals surface area contributed by atoms with Gasteiger partial charge in [0.05, 0.1) is 0 Å². The Morgan fingerprint density at radius 1 is 1.16 bits per heavy atom. The second-order valence-corrected chi connectivity index (χ2v) is 4.39. The fourth-order valence-corrected chi connectivity index (χ4v) is 1.95. The van der Waals surface area contributed by atoms with Crippen molar-refractivity contribution < 1.29 is 9.13 Å². The Morgan fingerprint density at radius 3 is 2.74 bits per heavy atom. The van der Waals surface area contributed by atoms with Crippen LogP contribution in [-0.4, -0.2) is 6.54 Å². The van der Waals surface area contributed by atoms with E-state index in [-0.39, 0.29) is 5.82 Å². The SMILES string of the molecule is CCc1cccc(Oc2ccc(F)cc2CCN)c1. The zero-order valence-corrected chi connectivity index (χ0v) is 11.0. The molecule has 0 saturated heterocycles. The minimum absolute atomic E-state index is 0.266. The van der Waals surface area contributed by atoms with Gasteiger partial charge in [-0.3, -0.25) is 0 Å². The summed E-state index contributed by atoms with van der Waals surface area (Å²) in [5.41, 5.74) is 7.54. The van der Waals surface area contributed by atoms with Crippen molar-refractivity contribution in [2.45, 2.75) is 19.8 Å². The molecule has 0 bridgehead atoms. The summed E-state index contributed by atoms with van der Waals surface area (Å²) in [6, 6.07) is 12.4. The summed E-state index contributed by atoms with van der Waals surface area (Å²) in [7, 11) is 0. The van der Waals surface area contributed by atoms with Crippen LogP contribution in [0.4, 0.5) is 4.39 Å². The second kappa shape index (κ2) is 6.34. The summed E-state index contributed by atoms with van der Waals surface area (Å²) in [5, 5.41) is 0. The van der Waals surface area contributed by atoms with Crippen molar-refractivity contribution in [3.05, 3.63) is 59.4 Å². The Hall–Kier alpha value is -1.87. The molecule has 0 radical (unpaired) electrons. The number of halogens is 1. The highest BCUT2D eigenvalue weighted by Gasteiger charge is 2.06. The first kappa shape index (κ1) is 13.6. The maximum atomic E-state index is 13.2. The molecule has 100 valence electrons. The fourth-order valence-electron chi connectivity index (χ4n) is 1.95. The van der Waals surface area contributed by atoms with Gasteiger partial charge in [-0.25, -0.2) is 4.39 Å². The summed E-state index contributed by atoms with van der Waals surface area (Å²) < 4.78 is 19.1. The van der Waals surface area contributed by atoms with Gasteiger partial charge in [-0.15, -0.1) is 0 Å². The van der Waals surface area contributed by atoms with Crippen molar-refractivity contribution in [2.24, 2.45) is 5.73 Å². The van der Waals surface area contributed by atoms with Crippen LogP contribution in [0, 0.1) is 5.82 Å². The third kappa shape index (κ3) is 3.55. The second-order valence-electron chi connectivity index (χ2n) is 4.39. The van der Waals surface area contributed by atoms with E-state index in [0.29, 0.717) is 18.7 Å². The van der Waals surface area contributed by atoms with E-state index in [4.69, 9.17) is 10.5 Å². The van der Waals surface area contributed by atoms with Crippen LogP contribution in [0.25, 0.3) is 0 Å². The molecule has 2 nitrogen and oxygen atoms in total. The highest BCUT2D eigenvalue weighted by Crippen LogP contribution is 2.27. The number of rotatable bonds is 5. The monoisotopic (exact) mass is 259 g/mol. The quantitative estimate of drug-likeness (QED) is 0.889. The van der Waals surface area contributed by atoms with Crippen LogP contribution < -0.4 is 10.5 Å². The first-order valence-corrected chi connectivity index (χ1v) is 6.48. The van der Waals surface area contributed by atoms with Crippen molar-refractivity contribution in [3.63, 3.8) is 0 Å². The lowest BCUT2D eigenvalue weighted by Crippen LogP contribution is -2.04. The van der Waals surface area contributed by atoms with Crippen LogP contribution >= 0.6 is 0 Å². The van der Waals surface area contributed by atoms with E-state index in [9.17, 15) is 4.39 Å². The Balaban J connectivity index is 2.26. The molecule has 2 N–H and O–H groups in total. The lowest BCUT2D eigenvalue weighted by Gasteiger charge is -2.11. The van der Waals surface area contributed by atoms with Crippen LogP contribution in [0.1, 0.15) is 18.1 Å². The van der Waals surface area contributed by atoms with Crippen LogP contribution in [0.5, 0.6) is 11.5 Å². The number of ether oxygens (including phenoxy) is 1. The minimum atomic E-state index is -0.266. The predicted octanol–water partition coefficient (Wildman–Crippen LogP) is 3.68. The van der Waals surface area contributed by atoms with Gasteiger partial charge in [0.15, 0.2) is 0 Å². The molecule has 0 atom stereocenters. The summed E-state index contributed by atoms with van der Waals surface area (Å²) in [6.45, 7) is 2.56. The Morgan fingerprint density at radius 2 is 2.00 bits per heavy atom. The summed E-state index contributed by atoms with van der Waals surface area (Å²) in [6.07, 6.45) is 1.55. The van der Waals surface area contributed by atoms with E-state index in [1.807, 2.05) is 18.2 Å². The zero-order chi connectivity index (χ0) is 13.7. The van der Waals surface area contributed by atoms with Crippen molar-refractivity contribution in [1.82, 2.24) is 0 Å². The molecule has 0 aromatic heterocycles. The maximum absolute atomic E-state index is 13.2. The molecule has 3 heteroatoms. The molecule has 0 saturated carbocycles. The Labute approximate surface area is 113 Å². The van der Waals surface area contributed by atoms with Crippen LogP contribution in [0.15, 0.2) is 42.5 Å². The van der Waals surface area contributed by atoms with Crippen LogP contribution in [-0.2, 0) is 12.8 Å². The Bertz CT molecular complexity index is 554. The molecule has 2 rings (SSSR count). The van der Waals surface area contributed by atoms with E-state index in [1.165, 1.54) is 17.7 Å². The van der Waals surface area contributed by atoms with Gasteiger partial charge in [-0.1, -0.05) is 19.1 Å². The molecule has 19 heavy (non-hydrogen) atoms. The molecule has 0 amide bonds. The van der Waals surface area contributed by atoms with Crippen molar-refractivity contribution in [2.75, 3.05) is 6.54 Å². The molecule has 0 fully saturated rings. The van der Waals surface area contributed by atoms with Gasteiger partial charge >= 0.3 is 0 Å². The first-order valence-electron chi connectivity index (χ1n) is 6.48. The Kier molecular flexibility index (Phi) is 4.53. The summed E-state index contributed by atoms with van der Waals surface area (Å²) >= 11 is 0. The predicted molar refractivity (Wildman–Crippen MR) is 75.1 cm³/mol. The average Bonchev–Trinajstić information content (AvgIpc) is 2.42. The molecule has 0 heterocycles. The first-order chi connectivity index (χ1) is 9.22. The van der Waals surface area contributed by atoms with E-state index >= 15 is 0 Å². The van der Waals surface area contributed by atoms with E-state index < -0.39 is 0 Å². The van der Waals surface area contributed by atoms with Crippen LogP contribution in [0.3, 0.4) is 0 Å². The van der Waals surface area contributed by atoms with Gasteiger partial charge in [0.1, 0.15) is 17.3 Å². The number of nitrogens with two attached hydrogens (primary N) is 1. The number of benzene rings is 2. The van der Waals surface area contributed by atoms with Gasteiger partial charge < -0.3 is 10.5 Å². The van der Waals surface area contributed by atoms with Crippen molar-refractivity contribution in [1.29, 1.82) is 0 Å². The van der Waals surface area contributed by atoms with Gasteiger partial charge in [-0.2, -0.15) is 0 Å². The summed E-state index contributed by atoms with van der Waals surface area (Å²) in [4.78, 5) is 0. The molecule has 0 aliphatic rings. The lowest BCUT2D eigenvalue weighted by atomic mass is 10.1. The minimum Gasteiger partial charge on any atom is -0.457 e. The molecular weight excluding hydrogens is 241 g/mol. The third-order valence-corrected chi connectivity index (χ3v) is 2.97. The molecule has 0 aliphatic carbocycles. The highest BCUT2D eigenvalue weighted by molar-refractivity contribution is 5.39. The fraction of sp³-hybridized carbons (Fsp3) is 0.250. The molecule has 0 spiro atoms. The van der Waals surface area contributed by atoms with Crippen molar-refractivity contribution >= 4 is 0 Å². The molecule has 2 aromatic carbocycles. The maximum Gasteiger partial charge on any atom is 0.130 e. The molecule has 0 aliphatic heterocycles. The standard InChI is InChI=1S/C16H18FNO/c1-2-12-4-3-5-15(10-12)19-16-7-6-14(17)11-13(16)8-9-18/h3-7,10-11H,2,8-9,18H2,1H3. The highest BCUT2D eigenvalue weighted by atomic mass is 19.1. The van der Waals surface area contributed by atoms with E-state index in [0.717, 1.165) is 17.7 Å². The topological polar surface area (TPSA) is 35.2 Å². The van der Waals surface area contributed by atoms with Crippen molar-refractivity contribution in [3.8, 4) is 11.5 Å². The average molecular weight is 259 g/mol. The molecule has 2 aromatic rings. The van der Waals surface area contributed by atoms with Gasteiger partial charge in [0, 0.05) is 0 Å². The zero-order valence-electron chi connectivity index (χ0n) is 11.0. The van der Waals surface area contributed by atoms with Gasteiger partial charge in [0.2, 0.25) is 0 Å². The van der Waals surface area contributed by atoms with Gasteiger partial charge in [-0.05, 0) is 60.8 Å². The third-order valence-electron chi connectivity index (χ3n) is 2.97. The lowest BCUT2D eigenvalue weighted by molar-refractivity contribution is 0.473. The van der Waals surface area contributed by atoms with E-state index in [2.05, 4.69) is 13.0 Å². The largest absolute Gasteiger partial charge is 0.457 e. The summed E-state index contributed by atoms with van der Waals surface area (Å²) in [5.74, 6) is 1.17. The number of aryl methyl sites for hydroxylation is 1. The molecule has 0 unspecified atom stereocenters. The molecular formula is C16H18FNO. The van der Waals surface area contributed by atoms with Crippen LogP contribution in [0.2, 0.25) is 0 Å². The number of hydrogen-bond acceptors (Lipinski definition) is 2.